The van der Waals surface area contributed by atoms with Gasteiger partial charge in [0.2, 0.25) is 0 Å². The molecule has 0 saturated carbocycles. The second-order valence-electron chi connectivity index (χ2n) is 7.49. The Morgan fingerprint density at radius 1 is 1.13 bits per heavy atom. The Bertz CT molecular complexity index is 919. The van der Waals surface area contributed by atoms with Gasteiger partial charge in [0.25, 0.3) is 5.72 Å². The molecule has 0 radical (unpaired) electrons. The molecule has 2 N–H and O–H groups in total. The molecule has 0 aromatic heterocycles. The van der Waals surface area contributed by atoms with E-state index in [1.165, 1.54) is 4.90 Å². The lowest BCUT2D eigenvalue weighted by molar-refractivity contribution is -0.176. The average molecular weight is 427 g/mol. The molecular formula is C23H26N2O4S. The summed E-state index contributed by atoms with van der Waals surface area (Å²) in [7, 11) is 0. The first-order chi connectivity index (χ1) is 14.3. The van der Waals surface area contributed by atoms with Gasteiger partial charge in [0, 0.05) is 11.6 Å². The third kappa shape index (κ3) is 3.82. The molecule has 0 spiro atoms. The van der Waals surface area contributed by atoms with E-state index in [9.17, 15) is 14.7 Å². The number of rotatable bonds is 6. The zero-order chi connectivity index (χ0) is 21.9. The van der Waals surface area contributed by atoms with E-state index in [1.54, 1.807) is 45.0 Å². The van der Waals surface area contributed by atoms with E-state index in [4.69, 9.17) is 17.0 Å². The molecule has 1 saturated heterocycles. The average Bonchev–Trinajstić information content (AvgIpc) is 2.74. The molecule has 1 fully saturated rings. The third-order valence-electron chi connectivity index (χ3n) is 5.21. The van der Waals surface area contributed by atoms with E-state index in [2.05, 4.69) is 5.32 Å². The van der Waals surface area contributed by atoms with E-state index in [0.717, 1.165) is 5.56 Å². The van der Waals surface area contributed by atoms with Crippen LogP contribution in [0.3, 0.4) is 0 Å². The summed E-state index contributed by atoms with van der Waals surface area (Å²) < 4.78 is 5.26. The molecule has 0 amide bonds. The van der Waals surface area contributed by atoms with Crippen LogP contribution in [0.2, 0.25) is 0 Å². The summed E-state index contributed by atoms with van der Waals surface area (Å²) in [4.78, 5) is 27.9. The maximum Gasteiger partial charge on any atom is 0.361 e. The van der Waals surface area contributed by atoms with E-state index < -0.39 is 29.6 Å². The molecule has 0 bridgehead atoms. The van der Waals surface area contributed by atoms with Crippen LogP contribution in [-0.2, 0) is 14.3 Å². The number of esters is 1. The fourth-order valence-electron chi connectivity index (χ4n) is 3.81. The van der Waals surface area contributed by atoms with Gasteiger partial charge in [-0.3, -0.25) is 9.69 Å². The number of carbonyl (C=O) groups excluding carboxylic acids is 2. The summed E-state index contributed by atoms with van der Waals surface area (Å²) in [6.45, 7) is 5.20. The van der Waals surface area contributed by atoms with Gasteiger partial charge in [-0.1, -0.05) is 62.4 Å². The van der Waals surface area contributed by atoms with Gasteiger partial charge >= 0.3 is 5.97 Å². The second-order valence-corrected chi connectivity index (χ2v) is 7.88. The number of para-hydroxylation sites is 1. The summed E-state index contributed by atoms with van der Waals surface area (Å²) in [6, 6.07) is 17.3. The van der Waals surface area contributed by atoms with Gasteiger partial charge < -0.3 is 15.2 Å². The lowest BCUT2D eigenvalue weighted by Gasteiger charge is -2.50. The Morgan fingerprint density at radius 2 is 1.70 bits per heavy atom. The van der Waals surface area contributed by atoms with Gasteiger partial charge in [0.05, 0.1) is 12.6 Å². The molecule has 2 aromatic rings. The van der Waals surface area contributed by atoms with Crippen molar-refractivity contribution in [3.8, 4) is 0 Å². The predicted molar refractivity (Wildman–Crippen MR) is 119 cm³/mol. The minimum absolute atomic E-state index is 0.0581. The summed E-state index contributed by atoms with van der Waals surface area (Å²) in [6.07, 6.45) is 0. The van der Waals surface area contributed by atoms with Crippen LogP contribution in [0.1, 0.15) is 32.4 Å². The largest absolute Gasteiger partial charge is 0.462 e. The number of hydrogen-bond acceptors (Lipinski definition) is 5. The van der Waals surface area contributed by atoms with Gasteiger partial charge in [-0.15, -0.1) is 0 Å². The first-order valence-electron chi connectivity index (χ1n) is 9.96. The summed E-state index contributed by atoms with van der Waals surface area (Å²) in [5.74, 6) is -2.74. The van der Waals surface area contributed by atoms with Crippen molar-refractivity contribution in [2.75, 3.05) is 11.5 Å². The van der Waals surface area contributed by atoms with Crippen molar-refractivity contribution in [2.24, 2.45) is 11.8 Å². The molecule has 2 aromatic carbocycles. The highest BCUT2D eigenvalue weighted by molar-refractivity contribution is 7.80. The van der Waals surface area contributed by atoms with E-state index in [0.29, 0.717) is 5.69 Å². The minimum Gasteiger partial charge on any atom is -0.462 e. The number of anilines is 1. The number of carbonyl (C=O) groups is 2. The zero-order valence-electron chi connectivity index (χ0n) is 17.2. The van der Waals surface area contributed by atoms with Crippen molar-refractivity contribution in [2.45, 2.75) is 32.5 Å². The van der Waals surface area contributed by atoms with Crippen molar-refractivity contribution in [1.82, 2.24) is 5.32 Å². The second kappa shape index (κ2) is 8.93. The van der Waals surface area contributed by atoms with Gasteiger partial charge in [0.1, 0.15) is 11.7 Å². The predicted octanol–water partition coefficient (Wildman–Crippen LogP) is 3.22. The lowest BCUT2D eigenvalue weighted by Crippen LogP contribution is -2.72. The Kier molecular flexibility index (Phi) is 6.53. The molecule has 7 heteroatoms. The first-order valence-corrected chi connectivity index (χ1v) is 10.4. The third-order valence-corrected chi connectivity index (χ3v) is 5.51. The molecule has 1 aliphatic heterocycles. The number of hydrogen-bond donors (Lipinski definition) is 2. The van der Waals surface area contributed by atoms with Crippen molar-refractivity contribution in [1.29, 1.82) is 0 Å². The number of ketones is 1. The van der Waals surface area contributed by atoms with Crippen LogP contribution < -0.4 is 10.2 Å². The van der Waals surface area contributed by atoms with Crippen LogP contribution in [0.25, 0.3) is 0 Å². The van der Waals surface area contributed by atoms with Crippen molar-refractivity contribution in [3.63, 3.8) is 0 Å². The van der Waals surface area contributed by atoms with E-state index >= 15 is 0 Å². The standard InChI is InChI=1S/C23H26N2O4S/c1-4-29-21(27)23(28)18(20(26)15(2)3)19(16-11-7-5-8-12-16)24-22(30)25(23)17-13-9-6-10-14-17/h5-15,18-19,28H,4H2,1-3H3,(H,24,30)/t18-,19-,23+/m0/s1. The number of thiocarbonyl (C=S) groups is 1. The van der Waals surface area contributed by atoms with Crippen LogP contribution in [-0.4, -0.2) is 34.3 Å². The summed E-state index contributed by atoms with van der Waals surface area (Å²) >= 11 is 5.58. The van der Waals surface area contributed by atoms with E-state index in [1.807, 2.05) is 36.4 Å². The molecule has 1 aliphatic rings. The highest BCUT2D eigenvalue weighted by Crippen LogP contribution is 2.42. The molecule has 158 valence electrons. The fraction of sp³-hybridized carbons (Fsp3) is 0.348. The Labute approximate surface area is 181 Å². The van der Waals surface area contributed by atoms with Crippen LogP contribution in [0.15, 0.2) is 60.7 Å². The number of Topliss-reactive ketones (excluding diaryl/α,β-unsaturated/α-hetero) is 1. The topological polar surface area (TPSA) is 78.9 Å². The maximum absolute atomic E-state index is 13.4. The fourth-order valence-corrected chi connectivity index (χ4v) is 4.18. The Hall–Kier alpha value is -2.77. The monoisotopic (exact) mass is 426 g/mol. The van der Waals surface area contributed by atoms with Crippen molar-refractivity contribution < 1.29 is 19.4 Å². The lowest BCUT2D eigenvalue weighted by atomic mass is 9.75. The van der Waals surface area contributed by atoms with Gasteiger partial charge in [-0.05, 0) is 36.8 Å². The molecule has 1 heterocycles. The molecule has 3 atom stereocenters. The molecule has 6 nitrogen and oxygen atoms in total. The highest BCUT2D eigenvalue weighted by atomic mass is 32.1. The molecule has 3 rings (SSSR count). The molecule has 30 heavy (non-hydrogen) atoms. The van der Waals surface area contributed by atoms with Crippen LogP contribution in [0, 0.1) is 11.8 Å². The highest BCUT2D eigenvalue weighted by Gasteiger charge is 2.61. The number of nitrogens with one attached hydrogen (secondary N) is 1. The van der Waals surface area contributed by atoms with Gasteiger partial charge in [0.15, 0.2) is 5.11 Å². The minimum atomic E-state index is -2.30. The van der Waals surface area contributed by atoms with Crippen LogP contribution >= 0.6 is 12.2 Å². The summed E-state index contributed by atoms with van der Waals surface area (Å²) in [5, 5.41) is 15.3. The zero-order valence-corrected chi connectivity index (χ0v) is 18.1. The molecular weight excluding hydrogens is 400 g/mol. The quantitative estimate of drug-likeness (QED) is 0.542. The van der Waals surface area contributed by atoms with Gasteiger partial charge in [-0.2, -0.15) is 0 Å². The number of nitrogens with zero attached hydrogens (tertiary/aromatic N) is 1. The van der Waals surface area contributed by atoms with Crippen molar-refractivity contribution in [3.05, 3.63) is 66.2 Å². The summed E-state index contributed by atoms with van der Waals surface area (Å²) in [5.41, 5.74) is -1.07. The smallest absolute Gasteiger partial charge is 0.361 e. The Balaban J connectivity index is 2.24. The van der Waals surface area contributed by atoms with Gasteiger partial charge in [-0.25, -0.2) is 4.79 Å². The van der Waals surface area contributed by atoms with Crippen molar-refractivity contribution >= 4 is 34.8 Å². The first kappa shape index (κ1) is 21.9. The maximum atomic E-state index is 13.4. The molecule has 0 aliphatic carbocycles. The van der Waals surface area contributed by atoms with Crippen LogP contribution in [0.5, 0.6) is 0 Å². The Morgan fingerprint density at radius 3 is 2.23 bits per heavy atom. The number of ether oxygens (including phenoxy) is 1. The molecule has 0 unspecified atom stereocenters. The van der Waals surface area contributed by atoms with Crippen LogP contribution in [0.4, 0.5) is 5.69 Å². The van der Waals surface area contributed by atoms with E-state index in [-0.39, 0.29) is 17.5 Å². The number of aliphatic hydroxyl groups is 1. The SMILES string of the molecule is CCOC(=O)[C@]1(O)[C@H](C(=O)C(C)C)[C@H](c2ccccc2)NC(=S)N1c1ccccc1. The number of benzene rings is 2. The normalized spacial score (nSPS) is 23.8.